The summed E-state index contributed by atoms with van der Waals surface area (Å²) in [5, 5.41) is 1.73. The fourth-order valence-corrected chi connectivity index (χ4v) is 3.66. The van der Waals surface area contributed by atoms with Crippen LogP contribution >= 0.6 is 22.6 Å². The molecule has 1 aromatic heterocycles. The van der Waals surface area contributed by atoms with E-state index in [1.165, 1.54) is 0 Å². The third-order valence-electron chi connectivity index (χ3n) is 4.31. The molecule has 1 heterocycles. The first-order valence-electron chi connectivity index (χ1n) is 7.29. The summed E-state index contributed by atoms with van der Waals surface area (Å²) in [7, 11) is 0. The molecule has 0 unspecified atom stereocenters. The molecule has 0 saturated heterocycles. The molecule has 4 rings (SSSR count). The maximum Gasteiger partial charge on any atom is 0.264 e. The van der Waals surface area contributed by atoms with Gasteiger partial charge in [-0.1, -0.05) is 30.3 Å². The standard InChI is InChI=1S/C18H15IN2O/c19-14-8-4-5-12-11-15(18(20)9-10-18)21(17(22)16(12)14)13-6-2-1-3-7-13/h1-8,11H,9-10,20H2. The van der Waals surface area contributed by atoms with Gasteiger partial charge in [-0.15, -0.1) is 0 Å². The van der Waals surface area contributed by atoms with Crippen LogP contribution in [-0.4, -0.2) is 4.57 Å². The Morgan fingerprint density at radius 2 is 1.77 bits per heavy atom. The third-order valence-corrected chi connectivity index (χ3v) is 5.21. The smallest absolute Gasteiger partial charge is 0.264 e. The molecule has 110 valence electrons. The number of hydrogen-bond donors (Lipinski definition) is 1. The van der Waals surface area contributed by atoms with Crippen molar-refractivity contribution in [3.63, 3.8) is 0 Å². The molecule has 2 N–H and O–H groups in total. The van der Waals surface area contributed by atoms with Crippen molar-refractivity contribution in [2.45, 2.75) is 18.4 Å². The average molecular weight is 402 g/mol. The number of fused-ring (bicyclic) bond motifs is 1. The number of benzene rings is 2. The minimum atomic E-state index is -0.371. The van der Waals surface area contributed by atoms with Crippen LogP contribution in [0.25, 0.3) is 16.5 Å². The van der Waals surface area contributed by atoms with Crippen LogP contribution in [0.1, 0.15) is 18.5 Å². The van der Waals surface area contributed by atoms with Gasteiger partial charge in [-0.2, -0.15) is 0 Å². The molecule has 0 radical (unpaired) electrons. The van der Waals surface area contributed by atoms with Crippen molar-refractivity contribution >= 4 is 33.4 Å². The van der Waals surface area contributed by atoms with Gasteiger partial charge in [-0.05, 0) is 65.1 Å². The van der Waals surface area contributed by atoms with Crippen molar-refractivity contribution < 1.29 is 0 Å². The van der Waals surface area contributed by atoms with E-state index in [4.69, 9.17) is 5.73 Å². The zero-order valence-corrected chi connectivity index (χ0v) is 14.1. The summed E-state index contributed by atoms with van der Waals surface area (Å²) in [5.41, 5.74) is 7.88. The van der Waals surface area contributed by atoms with Crippen LogP contribution in [-0.2, 0) is 5.54 Å². The molecule has 0 spiro atoms. The van der Waals surface area contributed by atoms with Gasteiger partial charge in [0.2, 0.25) is 0 Å². The molecule has 3 nitrogen and oxygen atoms in total. The van der Waals surface area contributed by atoms with Crippen molar-refractivity contribution in [2.75, 3.05) is 0 Å². The maximum absolute atomic E-state index is 13.1. The highest BCUT2D eigenvalue weighted by Gasteiger charge is 2.43. The summed E-state index contributed by atoms with van der Waals surface area (Å²) in [5.74, 6) is 0. The van der Waals surface area contributed by atoms with E-state index in [1.54, 1.807) is 4.57 Å². The highest BCUT2D eigenvalue weighted by Crippen LogP contribution is 2.43. The van der Waals surface area contributed by atoms with Gasteiger partial charge in [0.25, 0.3) is 5.56 Å². The number of nitrogens with two attached hydrogens (primary N) is 1. The lowest BCUT2D eigenvalue weighted by atomic mass is 10.1. The largest absolute Gasteiger partial charge is 0.320 e. The quantitative estimate of drug-likeness (QED) is 0.667. The predicted octanol–water partition coefficient (Wildman–Crippen LogP) is 3.54. The zero-order chi connectivity index (χ0) is 15.3. The predicted molar refractivity (Wildman–Crippen MR) is 97.4 cm³/mol. The van der Waals surface area contributed by atoms with Crippen LogP contribution in [0.2, 0.25) is 0 Å². The first-order valence-corrected chi connectivity index (χ1v) is 8.37. The summed E-state index contributed by atoms with van der Waals surface area (Å²) in [4.78, 5) is 13.1. The van der Waals surface area contributed by atoms with Gasteiger partial charge in [0, 0.05) is 15.0 Å². The average Bonchev–Trinajstić information content (AvgIpc) is 3.27. The Labute approximate surface area is 141 Å². The van der Waals surface area contributed by atoms with Crippen molar-refractivity contribution in [3.05, 3.63) is 74.2 Å². The highest BCUT2D eigenvalue weighted by atomic mass is 127. The van der Waals surface area contributed by atoms with Crippen LogP contribution in [0.3, 0.4) is 0 Å². The van der Waals surface area contributed by atoms with Gasteiger partial charge in [0.1, 0.15) is 0 Å². The number of para-hydroxylation sites is 1. The molecule has 0 aliphatic heterocycles. The number of hydrogen-bond acceptors (Lipinski definition) is 2. The summed E-state index contributed by atoms with van der Waals surface area (Å²) in [6.45, 7) is 0. The van der Waals surface area contributed by atoms with E-state index in [1.807, 2.05) is 48.5 Å². The molecule has 22 heavy (non-hydrogen) atoms. The number of aromatic nitrogens is 1. The van der Waals surface area contributed by atoms with Crippen molar-refractivity contribution in [1.29, 1.82) is 0 Å². The van der Waals surface area contributed by atoms with E-state index in [0.717, 1.165) is 38.6 Å². The number of pyridine rings is 1. The SMILES string of the molecule is NC1(c2cc3cccc(I)c3c(=O)n2-c2ccccc2)CC1. The minimum absolute atomic E-state index is 0.0143. The Kier molecular flexibility index (Phi) is 3.13. The molecule has 3 aromatic rings. The lowest BCUT2D eigenvalue weighted by Crippen LogP contribution is -2.31. The minimum Gasteiger partial charge on any atom is -0.320 e. The van der Waals surface area contributed by atoms with Crippen molar-refractivity contribution in [3.8, 4) is 5.69 Å². The molecule has 2 aromatic carbocycles. The van der Waals surface area contributed by atoms with Gasteiger partial charge >= 0.3 is 0 Å². The second kappa shape index (κ2) is 4.93. The van der Waals surface area contributed by atoms with Crippen LogP contribution in [0.4, 0.5) is 0 Å². The second-order valence-electron chi connectivity index (χ2n) is 5.87. The Balaban J connectivity index is 2.15. The molecule has 0 amide bonds. The molecule has 1 fully saturated rings. The highest BCUT2D eigenvalue weighted by molar-refractivity contribution is 14.1. The van der Waals surface area contributed by atoms with Crippen LogP contribution in [0, 0.1) is 3.57 Å². The first kappa shape index (κ1) is 14.0. The van der Waals surface area contributed by atoms with Crippen LogP contribution in [0.15, 0.2) is 59.4 Å². The number of rotatable bonds is 2. The molecular formula is C18H15IN2O. The van der Waals surface area contributed by atoms with E-state index < -0.39 is 0 Å². The van der Waals surface area contributed by atoms with E-state index in [2.05, 4.69) is 28.7 Å². The third kappa shape index (κ3) is 2.09. The molecule has 1 aliphatic rings. The Bertz CT molecular complexity index is 927. The number of halogens is 1. The molecule has 0 atom stereocenters. The van der Waals surface area contributed by atoms with Gasteiger partial charge < -0.3 is 5.73 Å². The van der Waals surface area contributed by atoms with E-state index >= 15 is 0 Å². The van der Waals surface area contributed by atoms with E-state index in [9.17, 15) is 4.79 Å². The van der Waals surface area contributed by atoms with Crippen LogP contribution in [0.5, 0.6) is 0 Å². The van der Waals surface area contributed by atoms with E-state index in [0.29, 0.717) is 0 Å². The molecular weight excluding hydrogens is 387 g/mol. The Hall–Kier alpha value is -1.66. The molecule has 1 saturated carbocycles. The van der Waals surface area contributed by atoms with Crippen molar-refractivity contribution in [2.24, 2.45) is 5.73 Å². The van der Waals surface area contributed by atoms with E-state index in [-0.39, 0.29) is 11.1 Å². The zero-order valence-electron chi connectivity index (χ0n) is 11.9. The second-order valence-corrected chi connectivity index (χ2v) is 7.03. The first-order chi connectivity index (χ1) is 10.6. The monoisotopic (exact) mass is 402 g/mol. The molecule has 4 heteroatoms. The molecule has 1 aliphatic carbocycles. The number of nitrogens with zero attached hydrogens (tertiary/aromatic N) is 1. The summed E-state index contributed by atoms with van der Waals surface area (Å²) in [6, 6.07) is 17.8. The Morgan fingerprint density at radius 3 is 2.45 bits per heavy atom. The summed E-state index contributed by atoms with van der Waals surface area (Å²) in [6.07, 6.45) is 1.85. The topological polar surface area (TPSA) is 48.0 Å². The van der Waals surface area contributed by atoms with Crippen LogP contribution < -0.4 is 11.3 Å². The van der Waals surface area contributed by atoms with Gasteiger partial charge in [-0.25, -0.2) is 0 Å². The fraction of sp³-hybridized carbons (Fsp3) is 0.167. The normalized spacial score (nSPS) is 15.9. The van der Waals surface area contributed by atoms with Gasteiger partial charge in [0.15, 0.2) is 0 Å². The summed E-state index contributed by atoms with van der Waals surface area (Å²) < 4.78 is 2.76. The van der Waals surface area contributed by atoms with Gasteiger partial charge in [-0.3, -0.25) is 9.36 Å². The molecule has 0 bridgehead atoms. The summed E-state index contributed by atoms with van der Waals surface area (Å²) >= 11 is 2.22. The Morgan fingerprint density at radius 1 is 1.05 bits per heavy atom. The fourth-order valence-electron chi connectivity index (χ4n) is 2.91. The van der Waals surface area contributed by atoms with Gasteiger partial charge in [0.05, 0.1) is 10.9 Å². The maximum atomic E-state index is 13.1. The van der Waals surface area contributed by atoms with Crippen molar-refractivity contribution in [1.82, 2.24) is 4.57 Å². The lowest BCUT2D eigenvalue weighted by Gasteiger charge is -2.19. The lowest BCUT2D eigenvalue weighted by molar-refractivity contribution is 0.672.